The zero-order valence-electron chi connectivity index (χ0n) is 10.6. The average Bonchev–Trinajstić information content (AvgIpc) is 2.29. The van der Waals surface area contributed by atoms with E-state index in [2.05, 4.69) is 0 Å². The second-order valence-electron chi connectivity index (χ2n) is 3.93. The third-order valence-corrected chi connectivity index (χ3v) is 2.29. The number of hydrogen-bond donors (Lipinski definition) is 0. The van der Waals surface area contributed by atoms with Gasteiger partial charge in [0, 0.05) is 12.5 Å². The highest BCUT2D eigenvalue weighted by atomic mass is 16.2. The highest BCUT2D eigenvalue weighted by molar-refractivity contribution is 6.21. The highest BCUT2D eigenvalue weighted by Gasteiger charge is 2.21. The molecule has 1 aromatic rings. The number of allylic oxidation sites excluding steroid dienone is 1. The third kappa shape index (κ3) is 3.38. The van der Waals surface area contributed by atoms with E-state index in [1.165, 1.54) is 26.8 Å². The van der Waals surface area contributed by atoms with Crippen LogP contribution in [0.4, 0.5) is 5.69 Å². The van der Waals surface area contributed by atoms with Crippen LogP contribution in [-0.4, -0.2) is 17.6 Å². The Morgan fingerprint density at radius 3 is 2.00 bits per heavy atom. The fourth-order valence-corrected chi connectivity index (χ4v) is 1.56. The van der Waals surface area contributed by atoms with Gasteiger partial charge in [-0.05, 0) is 32.1 Å². The SMILES string of the molecule is CC(=O)/C=C(\C)C(=O)N(C(C)=O)c1ccccc1. The molecule has 0 spiro atoms. The molecule has 0 unspecified atom stereocenters. The number of hydrogen-bond acceptors (Lipinski definition) is 3. The molecule has 0 aliphatic heterocycles. The van der Waals surface area contributed by atoms with Crippen molar-refractivity contribution in [1.29, 1.82) is 0 Å². The van der Waals surface area contributed by atoms with Crippen LogP contribution < -0.4 is 4.90 Å². The molecule has 1 rings (SSSR count). The van der Waals surface area contributed by atoms with Crippen molar-refractivity contribution in [3.05, 3.63) is 42.0 Å². The van der Waals surface area contributed by atoms with Gasteiger partial charge in [-0.25, -0.2) is 4.90 Å². The second-order valence-corrected chi connectivity index (χ2v) is 3.93. The maximum Gasteiger partial charge on any atom is 0.260 e. The van der Waals surface area contributed by atoms with Crippen molar-refractivity contribution >= 4 is 23.3 Å². The Morgan fingerprint density at radius 2 is 1.56 bits per heavy atom. The summed E-state index contributed by atoms with van der Waals surface area (Å²) in [4.78, 5) is 35.7. The minimum Gasteiger partial charge on any atom is -0.295 e. The Kier molecular flexibility index (Phi) is 4.54. The number of amides is 2. The maximum atomic E-state index is 12.1. The van der Waals surface area contributed by atoms with Crippen molar-refractivity contribution in [3.63, 3.8) is 0 Å². The van der Waals surface area contributed by atoms with E-state index in [1.807, 2.05) is 0 Å². The number of carbonyl (C=O) groups excluding carboxylic acids is 3. The van der Waals surface area contributed by atoms with Crippen LogP contribution in [0.1, 0.15) is 20.8 Å². The standard InChI is InChI=1S/C14H15NO3/c1-10(9-11(2)16)14(18)15(12(3)17)13-7-5-4-6-8-13/h4-9H,1-3H3/b10-9+. The van der Waals surface area contributed by atoms with Crippen LogP contribution in [-0.2, 0) is 14.4 Å². The first kappa shape index (κ1) is 13.8. The van der Waals surface area contributed by atoms with Gasteiger partial charge in [0.25, 0.3) is 5.91 Å². The van der Waals surface area contributed by atoms with Gasteiger partial charge in [0.2, 0.25) is 5.91 Å². The predicted octanol–water partition coefficient (Wildman–Crippen LogP) is 2.10. The topological polar surface area (TPSA) is 54.5 Å². The van der Waals surface area contributed by atoms with Crippen molar-refractivity contribution in [1.82, 2.24) is 0 Å². The van der Waals surface area contributed by atoms with E-state index in [0.29, 0.717) is 5.69 Å². The fourth-order valence-electron chi connectivity index (χ4n) is 1.56. The maximum absolute atomic E-state index is 12.1. The summed E-state index contributed by atoms with van der Waals surface area (Å²) in [5, 5.41) is 0. The van der Waals surface area contributed by atoms with Crippen LogP contribution in [0.5, 0.6) is 0 Å². The lowest BCUT2D eigenvalue weighted by molar-refractivity contribution is -0.123. The van der Waals surface area contributed by atoms with Crippen LogP contribution >= 0.6 is 0 Å². The molecule has 0 atom stereocenters. The summed E-state index contributed by atoms with van der Waals surface area (Å²) in [6, 6.07) is 8.61. The van der Waals surface area contributed by atoms with Crippen LogP contribution in [0.15, 0.2) is 42.0 Å². The summed E-state index contributed by atoms with van der Waals surface area (Å²) in [6.07, 6.45) is 1.22. The molecule has 4 heteroatoms. The predicted molar refractivity (Wildman–Crippen MR) is 69.0 cm³/mol. The summed E-state index contributed by atoms with van der Waals surface area (Å²) in [5.74, 6) is -1.09. The second kappa shape index (κ2) is 5.91. The molecule has 0 aromatic heterocycles. The van der Waals surface area contributed by atoms with E-state index in [1.54, 1.807) is 30.3 Å². The Hall–Kier alpha value is -2.23. The molecule has 2 amide bonds. The lowest BCUT2D eigenvalue weighted by Gasteiger charge is -2.19. The Morgan fingerprint density at radius 1 is 1.00 bits per heavy atom. The summed E-state index contributed by atoms with van der Waals surface area (Å²) in [5.41, 5.74) is 0.729. The molecule has 0 saturated carbocycles. The molecule has 94 valence electrons. The average molecular weight is 245 g/mol. The van der Waals surface area contributed by atoms with Crippen molar-refractivity contribution in [3.8, 4) is 0 Å². The summed E-state index contributed by atoms with van der Waals surface area (Å²) < 4.78 is 0. The Labute approximate surface area is 106 Å². The first-order valence-electron chi connectivity index (χ1n) is 5.52. The molecule has 0 saturated heterocycles. The molecule has 0 radical (unpaired) electrons. The lowest BCUT2D eigenvalue weighted by Crippen LogP contribution is -2.35. The largest absolute Gasteiger partial charge is 0.295 e. The number of rotatable bonds is 3. The van der Waals surface area contributed by atoms with E-state index >= 15 is 0 Å². The number of para-hydroxylation sites is 1. The van der Waals surface area contributed by atoms with E-state index in [4.69, 9.17) is 0 Å². The number of anilines is 1. The first-order valence-corrected chi connectivity index (χ1v) is 5.52. The van der Waals surface area contributed by atoms with Gasteiger partial charge in [0.1, 0.15) is 0 Å². The van der Waals surface area contributed by atoms with Gasteiger partial charge in [0.05, 0.1) is 5.69 Å². The van der Waals surface area contributed by atoms with Gasteiger partial charge in [0.15, 0.2) is 5.78 Å². The Balaban J connectivity index is 3.12. The van der Waals surface area contributed by atoms with Crippen LogP contribution in [0.3, 0.4) is 0 Å². The molecular formula is C14H15NO3. The van der Waals surface area contributed by atoms with Gasteiger partial charge in [-0.3, -0.25) is 14.4 Å². The third-order valence-electron chi connectivity index (χ3n) is 2.29. The minimum absolute atomic E-state index is 0.225. The van der Waals surface area contributed by atoms with Crippen LogP contribution in [0, 0.1) is 0 Å². The van der Waals surface area contributed by atoms with Crippen molar-refractivity contribution < 1.29 is 14.4 Å². The van der Waals surface area contributed by atoms with E-state index in [-0.39, 0.29) is 17.3 Å². The zero-order chi connectivity index (χ0) is 13.7. The molecule has 18 heavy (non-hydrogen) atoms. The van der Waals surface area contributed by atoms with Gasteiger partial charge < -0.3 is 0 Å². The minimum atomic E-state index is -0.482. The molecule has 0 aliphatic carbocycles. The molecule has 1 aromatic carbocycles. The van der Waals surface area contributed by atoms with Crippen molar-refractivity contribution in [2.24, 2.45) is 0 Å². The normalized spacial score (nSPS) is 10.9. The van der Waals surface area contributed by atoms with E-state index < -0.39 is 5.91 Å². The molecule has 0 N–H and O–H groups in total. The van der Waals surface area contributed by atoms with Crippen molar-refractivity contribution in [2.45, 2.75) is 20.8 Å². The highest BCUT2D eigenvalue weighted by Crippen LogP contribution is 2.16. The quantitative estimate of drug-likeness (QED) is 0.766. The van der Waals surface area contributed by atoms with Gasteiger partial charge in [-0.15, -0.1) is 0 Å². The first-order chi connectivity index (χ1) is 8.43. The Bertz CT molecular complexity index is 503. The van der Waals surface area contributed by atoms with Crippen LogP contribution in [0.25, 0.3) is 0 Å². The molecule has 0 bridgehead atoms. The lowest BCUT2D eigenvalue weighted by atomic mass is 10.2. The van der Waals surface area contributed by atoms with E-state index in [0.717, 1.165) is 4.90 Å². The fraction of sp³-hybridized carbons (Fsp3) is 0.214. The number of ketones is 1. The molecule has 0 heterocycles. The smallest absolute Gasteiger partial charge is 0.260 e. The summed E-state index contributed by atoms with van der Waals surface area (Å²) >= 11 is 0. The van der Waals surface area contributed by atoms with E-state index in [9.17, 15) is 14.4 Å². The van der Waals surface area contributed by atoms with Gasteiger partial charge >= 0.3 is 0 Å². The molecular weight excluding hydrogens is 230 g/mol. The molecule has 4 nitrogen and oxygen atoms in total. The van der Waals surface area contributed by atoms with Crippen molar-refractivity contribution in [2.75, 3.05) is 4.90 Å². The number of nitrogens with zero attached hydrogens (tertiary/aromatic N) is 1. The number of carbonyl (C=O) groups is 3. The van der Waals surface area contributed by atoms with Crippen LogP contribution in [0.2, 0.25) is 0 Å². The van der Waals surface area contributed by atoms with Gasteiger partial charge in [-0.1, -0.05) is 18.2 Å². The van der Waals surface area contributed by atoms with Gasteiger partial charge in [-0.2, -0.15) is 0 Å². The summed E-state index contributed by atoms with van der Waals surface area (Å²) in [6.45, 7) is 4.19. The monoisotopic (exact) mass is 245 g/mol. The summed E-state index contributed by atoms with van der Waals surface area (Å²) in [7, 11) is 0. The molecule has 0 aliphatic rings. The number of imide groups is 1. The zero-order valence-corrected chi connectivity index (χ0v) is 10.6. The molecule has 0 fully saturated rings. The number of benzene rings is 1.